The molecule has 5 nitrogen and oxygen atoms in total. The van der Waals surface area contributed by atoms with Crippen LogP contribution in [0.4, 0.5) is 0 Å². The van der Waals surface area contributed by atoms with E-state index in [4.69, 9.17) is 0 Å². The van der Waals surface area contributed by atoms with Gasteiger partial charge in [0.2, 0.25) is 5.91 Å². The van der Waals surface area contributed by atoms with Gasteiger partial charge in [-0.2, -0.15) is 0 Å². The number of amides is 1. The Morgan fingerprint density at radius 2 is 2.14 bits per heavy atom. The van der Waals surface area contributed by atoms with Gasteiger partial charge in [0.05, 0.1) is 0 Å². The lowest BCUT2D eigenvalue weighted by atomic mass is 10.1. The molecule has 2 aromatic rings. The Kier molecular flexibility index (Phi) is 4.57. The molecule has 1 aliphatic rings. The average molecular weight is 363 g/mol. The standard InChI is InChI=1S/C16H19BrN4O/c1-2-18-16(22)12-5-8-14(9-12)21-10-19-20-15(21)11-3-6-13(17)7-4-11/h3-4,6-7,10,12,14H,2,5,8-9H2,1H3,(H,18,22)/t12-,14+/m0/s1. The highest BCUT2D eigenvalue weighted by molar-refractivity contribution is 9.10. The Bertz CT molecular complexity index is 652. The number of benzene rings is 1. The maximum atomic E-state index is 12.0. The summed E-state index contributed by atoms with van der Waals surface area (Å²) in [5.41, 5.74) is 1.04. The molecule has 3 rings (SSSR count). The molecule has 1 amide bonds. The van der Waals surface area contributed by atoms with E-state index in [9.17, 15) is 4.79 Å². The highest BCUT2D eigenvalue weighted by atomic mass is 79.9. The molecule has 0 spiro atoms. The molecule has 0 saturated heterocycles. The molecule has 116 valence electrons. The van der Waals surface area contributed by atoms with Gasteiger partial charge in [0.25, 0.3) is 0 Å². The highest BCUT2D eigenvalue weighted by Crippen LogP contribution is 2.36. The van der Waals surface area contributed by atoms with Crippen LogP contribution in [0, 0.1) is 5.92 Å². The number of carbonyl (C=O) groups is 1. The maximum Gasteiger partial charge on any atom is 0.223 e. The van der Waals surface area contributed by atoms with E-state index >= 15 is 0 Å². The van der Waals surface area contributed by atoms with Gasteiger partial charge < -0.3 is 9.88 Å². The zero-order valence-corrected chi connectivity index (χ0v) is 14.1. The fraction of sp³-hybridized carbons (Fsp3) is 0.438. The third kappa shape index (κ3) is 3.06. The predicted octanol–water partition coefficient (Wildman–Crippen LogP) is 3.18. The molecule has 1 aromatic heterocycles. The van der Waals surface area contributed by atoms with E-state index < -0.39 is 0 Å². The van der Waals surface area contributed by atoms with E-state index in [1.54, 1.807) is 6.33 Å². The van der Waals surface area contributed by atoms with Crippen molar-refractivity contribution in [2.24, 2.45) is 5.92 Å². The van der Waals surface area contributed by atoms with E-state index in [1.165, 1.54) is 0 Å². The predicted molar refractivity (Wildman–Crippen MR) is 88.2 cm³/mol. The van der Waals surface area contributed by atoms with Crippen LogP contribution in [0.1, 0.15) is 32.2 Å². The fourth-order valence-electron chi connectivity index (χ4n) is 3.08. The number of hydrogen-bond acceptors (Lipinski definition) is 3. The Labute approximate surface area is 138 Å². The van der Waals surface area contributed by atoms with Crippen LogP contribution in [0.2, 0.25) is 0 Å². The van der Waals surface area contributed by atoms with Gasteiger partial charge in [-0.05, 0) is 38.3 Å². The van der Waals surface area contributed by atoms with Gasteiger partial charge in [0.1, 0.15) is 6.33 Å². The third-order valence-electron chi connectivity index (χ3n) is 4.20. The molecule has 1 fully saturated rings. The van der Waals surface area contributed by atoms with Crippen molar-refractivity contribution < 1.29 is 4.79 Å². The van der Waals surface area contributed by atoms with Crippen molar-refractivity contribution in [3.05, 3.63) is 35.1 Å². The third-order valence-corrected chi connectivity index (χ3v) is 4.72. The number of nitrogens with one attached hydrogen (secondary N) is 1. The van der Waals surface area contributed by atoms with Crippen molar-refractivity contribution in [2.45, 2.75) is 32.2 Å². The molecule has 1 N–H and O–H groups in total. The zero-order valence-electron chi connectivity index (χ0n) is 12.5. The molecule has 0 radical (unpaired) electrons. The molecule has 1 saturated carbocycles. The van der Waals surface area contributed by atoms with Gasteiger partial charge in [-0.25, -0.2) is 0 Å². The second-order valence-corrected chi connectivity index (χ2v) is 6.54. The van der Waals surface area contributed by atoms with Crippen LogP contribution in [0.5, 0.6) is 0 Å². The number of hydrogen-bond donors (Lipinski definition) is 1. The van der Waals surface area contributed by atoms with Gasteiger partial charge in [-0.3, -0.25) is 4.79 Å². The Balaban J connectivity index is 1.78. The van der Waals surface area contributed by atoms with Gasteiger partial charge in [0, 0.05) is 28.5 Å². The summed E-state index contributed by atoms with van der Waals surface area (Å²) in [4.78, 5) is 12.0. The van der Waals surface area contributed by atoms with Crippen LogP contribution in [0.3, 0.4) is 0 Å². The Morgan fingerprint density at radius 1 is 1.36 bits per heavy atom. The van der Waals surface area contributed by atoms with Crippen LogP contribution < -0.4 is 5.32 Å². The number of halogens is 1. The summed E-state index contributed by atoms with van der Waals surface area (Å²) in [6.45, 7) is 2.65. The molecule has 0 bridgehead atoms. The minimum atomic E-state index is 0.102. The smallest absolute Gasteiger partial charge is 0.223 e. The van der Waals surface area contributed by atoms with Crippen molar-refractivity contribution in [1.29, 1.82) is 0 Å². The van der Waals surface area contributed by atoms with Crippen molar-refractivity contribution in [3.8, 4) is 11.4 Å². The molecule has 0 aliphatic heterocycles. The van der Waals surface area contributed by atoms with Crippen molar-refractivity contribution in [3.63, 3.8) is 0 Å². The monoisotopic (exact) mass is 362 g/mol. The number of nitrogens with zero attached hydrogens (tertiary/aromatic N) is 3. The summed E-state index contributed by atoms with van der Waals surface area (Å²) in [6.07, 6.45) is 4.55. The van der Waals surface area contributed by atoms with Crippen LogP contribution in [0.25, 0.3) is 11.4 Å². The number of rotatable bonds is 4. The van der Waals surface area contributed by atoms with Gasteiger partial charge in [0.15, 0.2) is 5.82 Å². The van der Waals surface area contributed by atoms with Crippen molar-refractivity contribution >= 4 is 21.8 Å². The van der Waals surface area contributed by atoms with E-state index in [0.29, 0.717) is 12.6 Å². The Hall–Kier alpha value is -1.69. The molecule has 2 atom stereocenters. The lowest BCUT2D eigenvalue weighted by molar-refractivity contribution is -0.124. The molecule has 6 heteroatoms. The van der Waals surface area contributed by atoms with Crippen LogP contribution in [-0.4, -0.2) is 27.2 Å². The number of carbonyl (C=O) groups excluding carboxylic acids is 1. The van der Waals surface area contributed by atoms with Crippen LogP contribution >= 0.6 is 15.9 Å². The first-order chi connectivity index (χ1) is 10.7. The van der Waals surface area contributed by atoms with Crippen LogP contribution in [-0.2, 0) is 4.79 Å². The van der Waals surface area contributed by atoms with Crippen molar-refractivity contribution in [1.82, 2.24) is 20.1 Å². The van der Waals surface area contributed by atoms with E-state index in [-0.39, 0.29) is 11.8 Å². The summed E-state index contributed by atoms with van der Waals surface area (Å²) in [6, 6.07) is 8.35. The molecule has 0 unspecified atom stereocenters. The highest BCUT2D eigenvalue weighted by Gasteiger charge is 2.31. The maximum absolute atomic E-state index is 12.0. The minimum Gasteiger partial charge on any atom is -0.356 e. The second-order valence-electron chi connectivity index (χ2n) is 5.63. The average Bonchev–Trinajstić information content (AvgIpc) is 3.17. The van der Waals surface area contributed by atoms with Gasteiger partial charge in [-0.1, -0.05) is 28.1 Å². The summed E-state index contributed by atoms with van der Waals surface area (Å²) < 4.78 is 3.15. The molecule has 1 aromatic carbocycles. The van der Waals surface area contributed by atoms with Gasteiger partial charge >= 0.3 is 0 Å². The van der Waals surface area contributed by atoms with Gasteiger partial charge in [-0.15, -0.1) is 10.2 Å². The largest absolute Gasteiger partial charge is 0.356 e. The first-order valence-electron chi connectivity index (χ1n) is 7.62. The molecule has 22 heavy (non-hydrogen) atoms. The summed E-state index contributed by atoms with van der Waals surface area (Å²) in [5.74, 6) is 1.14. The lowest BCUT2D eigenvalue weighted by Gasteiger charge is -2.15. The summed E-state index contributed by atoms with van der Waals surface area (Å²) >= 11 is 3.44. The van der Waals surface area contributed by atoms with Crippen LogP contribution in [0.15, 0.2) is 35.1 Å². The summed E-state index contributed by atoms with van der Waals surface area (Å²) in [7, 11) is 0. The summed E-state index contributed by atoms with van der Waals surface area (Å²) in [5, 5.41) is 11.3. The van der Waals surface area contributed by atoms with E-state index in [1.807, 2.05) is 31.2 Å². The normalized spacial score (nSPS) is 21.0. The first kappa shape index (κ1) is 15.2. The van der Waals surface area contributed by atoms with E-state index in [2.05, 4.69) is 36.0 Å². The SMILES string of the molecule is CCNC(=O)[C@H]1CC[C@@H](n2cnnc2-c2ccc(Br)cc2)C1. The number of aromatic nitrogens is 3. The molecular weight excluding hydrogens is 344 g/mol. The van der Waals surface area contributed by atoms with Crippen molar-refractivity contribution in [2.75, 3.05) is 6.54 Å². The molecule has 1 heterocycles. The Morgan fingerprint density at radius 3 is 2.86 bits per heavy atom. The first-order valence-corrected chi connectivity index (χ1v) is 8.41. The second kappa shape index (κ2) is 6.60. The fourth-order valence-corrected chi connectivity index (χ4v) is 3.35. The minimum absolute atomic E-state index is 0.102. The lowest BCUT2D eigenvalue weighted by Crippen LogP contribution is -2.29. The molecule has 1 aliphatic carbocycles. The quantitative estimate of drug-likeness (QED) is 0.908. The molecular formula is C16H19BrN4O. The topological polar surface area (TPSA) is 59.8 Å². The zero-order chi connectivity index (χ0) is 15.5. The van der Waals surface area contributed by atoms with E-state index in [0.717, 1.165) is 35.1 Å².